The maximum atomic E-state index is 10.4. The Hall–Kier alpha value is -0.0800. The molecule has 0 saturated heterocycles. The van der Waals surface area contributed by atoms with Crippen molar-refractivity contribution < 1.29 is 5.11 Å². The molecule has 1 rings (SSSR count). The van der Waals surface area contributed by atoms with E-state index < -0.39 is 11.1 Å². The van der Waals surface area contributed by atoms with Crippen LogP contribution in [-0.2, 0) is 0 Å². The van der Waals surface area contributed by atoms with Crippen molar-refractivity contribution >= 4 is 0 Å². The highest BCUT2D eigenvalue weighted by molar-refractivity contribution is 5.01. The van der Waals surface area contributed by atoms with Gasteiger partial charge in [0.25, 0.3) is 0 Å². The molecule has 0 aromatic carbocycles. The van der Waals surface area contributed by atoms with Crippen molar-refractivity contribution in [2.24, 2.45) is 11.7 Å². The number of aliphatic hydroxyl groups is 1. The molecule has 0 heterocycles. The van der Waals surface area contributed by atoms with Crippen LogP contribution in [-0.4, -0.2) is 16.2 Å². The minimum atomic E-state index is -0.617. The summed E-state index contributed by atoms with van der Waals surface area (Å²) in [6.07, 6.45) is 4.81. The zero-order valence-corrected chi connectivity index (χ0v) is 9.14. The van der Waals surface area contributed by atoms with E-state index in [1.54, 1.807) is 0 Å². The van der Waals surface area contributed by atoms with Gasteiger partial charge in [-0.15, -0.1) is 0 Å². The molecule has 2 heteroatoms. The Balaban J connectivity index is 2.66. The lowest BCUT2D eigenvalue weighted by atomic mass is 9.68. The van der Waals surface area contributed by atoms with Crippen LogP contribution in [0, 0.1) is 5.92 Å². The van der Waals surface area contributed by atoms with Crippen molar-refractivity contribution in [2.75, 3.05) is 0 Å². The topological polar surface area (TPSA) is 46.2 Å². The Morgan fingerprint density at radius 1 is 1.46 bits per heavy atom. The van der Waals surface area contributed by atoms with E-state index in [0.717, 1.165) is 38.0 Å². The van der Waals surface area contributed by atoms with Gasteiger partial charge in [0.05, 0.1) is 5.60 Å². The molecule has 1 saturated carbocycles. The number of hydrogen-bond acceptors (Lipinski definition) is 2. The molecule has 1 fully saturated rings. The normalized spacial score (nSPS) is 39.9. The summed E-state index contributed by atoms with van der Waals surface area (Å²) in [7, 11) is 0. The molecule has 13 heavy (non-hydrogen) atoms. The number of rotatable bonds is 2. The fourth-order valence-electron chi connectivity index (χ4n) is 2.14. The van der Waals surface area contributed by atoms with Crippen molar-refractivity contribution in [3.8, 4) is 0 Å². The first kappa shape index (κ1) is 11.0. The van der Waals surface area contributed by atoms with Crippen molar-refractivity contribution in [2.45, 2.75) is 64.0 Å². The second kappa shape index (κ2) is 3.58. The average Bonchev–Trinajstić information content (AvgIpc) is 2.10. The van der Waals surface area contributed by atoms with E-state index >= 15 is 0 Å². The average molecular weight is 185 g/mol. The Bertz CT molecular complexity index is 169. The molecule has 78 valence electrons. The van der Waals surface area contributed by atoms with E-state index in [0.29, 0.717) is 0 Å². The van der Waals surface area contributed by atoms with Gasteiger partial charge < -0.3 is 10.8 Å². The molecule has 0 radical (unpaired) electrons. The van der Waals surface area contributed by atoms with E-state index in [2.05, 4.69) is 13.8 Å². The largest absolute Gasteiger partial charge is 0.388 e. The van der Waals surface area contributed by atoms with Crippen LogP contribution in [0.4, 0.5) is 0 Å². The van der Waals surface area contributed by atoms with E-state index in [1.807, 2.05) is 6.92 Å². The summed E-state index contributed by atoms with van der Waals surface area (Å²) in [6, 6.07) is 0. The molecule has 0 bridgehead atoms. The summed E-state index contributed by atoms with van der Waals surface area (Å²) < 4.78 is 0. The Morgan fingerprint density at radius 2 is 1.92 bits per heavy atom. The second-order valence-corrected chi connectivity index (χ2v) is 4.99. The Morgan fingerprint density at radius 3 is 2.31 bits per heavy atom. The Labute approximate surface area is 81.5 Å². The molecule has 0 aromatic rings. The van der Waals surface area contributed by atoms with Gasteiger partial charge in [-0.25, -0.2) is 0 Å². The van der Waals surface area contributed by atoms with Crippen LogP contribution in [0.15, 0.2) is 0 Å². The maximum absolute atomic E-state index is 10.4. The third-order valence-corrected chi connectivity index (χ3v) is 3.90. The van der Waals surface area contributed by atoms with Gasteiger partial charge in [0.2, 0.25) is 0 Å². The number of nitrogens with two attached hydrogens (primary N) is 1. The lowest BCUT2D eigenvalue weighted by Gasteiger charge is -2.46. The first-order chi connectivity index (χ1) is 5.91. The smallest absolute Gasteiger partial charge is 0.0823 e. The van der Waals surface area contributed by atoms with Crippen LogP contribution in [0.5, 0.6) is 0 Å². The maximum Gasteiger partial charge on any atom is 0.0823 e. The van der Waals surface area contributed by atoms with Gasteiger partial charge in [-0.2, -0.15) is 0 Å². The van der Waals surface area contributed by atoms with Crippen molar-refractivity contribution in [1.29, 1.82) is 0 Å². The van der Waals surface area contributed by atoms with Gasteiger partial charge in [0.15, 0.2) is 0 Å². The fourth-order valence-corrected chi connectivity index (χ4v) is 2.14. The first-order valence-corrected chi connectivity index (χ1v) is 5.42. The van der Waals surface area contributed by atoms with Crippen LogP contribution in [0.25, 0.3) is 0 Å². The molecule has 0 amide bonds. The standard InChI is InChI=1S/C11H23NO/c1-4-10(3,12)11(13)7-5-9(2)6-8-11/h9,13H,4-8,12H2,1-3H3. The summed E-state index contributed by atoms with van der Waals surface area (Å²) in [5.41, 5.74) is 5.09. The van der Waals surface area contributed by atoms with Crippen molar-refractivity contribution in [3.63, 3.8) is 0 Å². The zero-order valence-electron chi connectivity index (χ0n) is 9.14. The fraction of sp³-hybridized carbons (Fsp3) is 1.00. The van der Waals surface area contributed by atoms with Gasteiger partial charge in [-0.3, -0.25) is 0 Å². The van der Waals surface area contributed by atoms with Gasteiger partial charge in [-0.05, 0) is 44.9 Å². The van der Waals surface area contributed by atoms with Crippen LogP contribution in [0.2, 0.25) is 0 Å². The highest BCUT2D eigenvalue weighted by atomic mass is 16.3. The van der Waals surface area contributed by atoms with Crippen LogP contribution in [0.1, 0.15) is 52.9 Å². The molecular weight excluding hydrogens is 162 g/mol. The van der Waals surface area contributed by atoms with Gasteiger partial charge >= 0.3 is 0 Å². The van der Waals surface area contributed by atoms with Crippen LogP contribution in [0.3, 0.4) is 0 Å². The molecule has 0 aromatic heterocycles. The first-order valence-electron chi connectivity index (χ1n) is 5.42. The summed E-state index contributed by atoms with van der Waals surface area (Å²) in [5.74, 6) is 0.757. The molecule has 0 aliphatic heterocycles. The monoisotopic (exact) mass is 185 g/mol. The Kier molecular flexibility index (Phi) is 3.03. The minimum absolute atomic E-state index is 0.410. The van der Waals surface area contributed by atoms with Crippen molar-refractivity contribution in [3.05, 3.63) is 0 Å². The molecule has 1 atom stereocenters. The molecule has 0 spiro atoms. The zero-order chi connectivity index (χ0) is 10.1. The third-order valence-electron chi connectivity index (χ3n) is 3.90. The van der Waals surface area contributed by atoms with Crippen LogP contribution >= 0.6 is 0 Å². The second-order valence-electron chi connectivity index (χ2n) is 4.99. The quantitative estimate of drug-likeness (QED) is 0.691. The van der Waals surface area contributed by atoms with E-state index in [1.165, 1.54) is 0 Å². The predicted octanol–water partition coefficient (Wildman–Crippen LogP) is 2.05. The lowest BCUT2D eigenvalue weighted by Crippen LogP contribution is -2.59. The minimum Gasteiger partial charge on any atom is -0.388 e. The summed E-state index contributed by atoms with van der Waals surface area (Å²) in [6.45, 7) is 6.28. The molecule has 1 aliphatic rings. The van der Waals surface area contributed by atoms with Crippen molar-refractivity contribution in [1.82, 2.24) is 0 Å². The SMILES string of the molecule is CCC(C)(N)C1(O)CCC(C)CC1. The lowest BCUT2D eigenvalue weighted by molar-refractivity contribution is -0.0673. The van der Waals surface area contributed by atoms with E-state index in [9.17, 15) is 5.11 Å². The predicted molar refractivity (Wildman–Crippen MR) is 55.5 cm³/mol. The van der Waals surface area contributed by atoms with Crippen LogP contribution < -0.4 is 5.73 Å². The highest BCUT2D eigenvalue weighted by Gasteiger charge is 2.44. The van der Waals surface area contributed by atoms with E-state index in [-0.39, 0.29) is 0 Å². The highest BCUT2D eigenvalue weighted by Crippen LogP contribution is 2.39. The summed E-state index contributed by atoms with van der Waals surface area (Å²) >= 11 is 0. The molecule has 3 N–H and O–H groups in total. The van der Waals surface area contributed by atoms with E-state index in [4.69, 9.17) is 5.73 Å². The van der Waals surface area contributed by atoms with Gasteiger partial charge in [-0.1, -0.05) is 13.8 Å². The molecule has 1 aliphatic carbocycles. The number of hydrogen-bond donors (Lipinski definition) is 2. The molecule has 1 unspecified atom stereocenters. The molecular formula is C11H23NO. The van der Waals surface area contributed by atoms with Gasteiger partial charge in [0.1, 0.15) is 0 Å². The molecule has 2 nitrogen and oxygen atoms in total. The summed E-state index contributed by atoms with van der Waals surface area (Å²) in [5, 5.41) is 10.4. The van der Waals surface area contributed by atoms with Gasteiger partial charge in [0, 0.05) is 5.54 Å². The summed E-state index contributed by atoms with van der Waals surface area (Å²) in [4.78, 5) is 0. The third kappa shape index (κ3) is 2.05.